The van der Waals surface area contributed by atoms with Crippen molar-refractivity contribution >= 4 is 33.3 Å². The van der Waals surface area contributed by atoms with Gasteiger partial charge in [0.1, 0.15) is 12.4 Å². The van der Waals surface area contributed by atoms with Crippen molar-refractivity contribution in [2.24, 2.45) is 0 Å². The van der Waals surface area contributed by atoms with E-state index < -0.39 is 0 Å². The summed E-state index contributed by atoms with van der Waals surface area (Å²) in [5.41, 5.74) is 8.69. The minimum Gasteiger partial charge on any atom is -0.381 e. The number of aromatic nitrogens is 2. The number of carbonyl (C=O) groups excluding carboxylic acids is 1. The molecule has 3 aromatic rings. The number of nitrogens with two attached hydrogens (primary N) is 1. The van der Waals surface area contributed by atoms with Crippen molar-refractivity contribution in [3.8, 4) is 11.3 Å². The van der Waals surface area contributed by atoms with Crippen molar-refractivity contribution in [2.75, 3.05) is 36.8 Å². The molecule has 0 atom stereocenters. The summed E-state index contributed by atoms with van der Waals surface area (Å²) in [5, 5.41) is 4.35. The molecule has 1 amide bonds. The first kappa shape index (κ1) is 19.4. The third-order valence-electron chi connectivity index (χ3n) is 5.08. The molecule has 0 aliphatic carbocycles. The molecule has 1 aliphatic heterocycles. The molecule has 6 nitrogen and oxygen atoms in total. The number of hydrogen-bond donors (Lipinski definition) is 1. The van der Waals surface area contributed by atoms with Crippen LogP contribution < -0.4 is 10.6 Å². The number of piperazine rings is 1. The smallest absolute Gasteiger partial charge is 0.244 e. The molecule has 0 radical (unpaired) electrons. The zero-order valence-electron chi connectivity index (χ0n) is 15.8. The first-order valence-corrected chi connectivity index (χ1v) is 10.2. The van der Waals surface area contributed by atoms with Crippen LogP contribution in [0.25, 0.3) is 11.3 Å². The molecule has 2 heterocycles. The first-order valence-electron chi connectivity index (χ1n) is 9.38. The number of nitrogen functional groups attached to an aromatic ring is 1. The summed E-state index contributed by atoms with van der Waals surface area (Å²) in [4.78, 5) is 16.9. The fraction of sp³-hybridized carbons (Fsp3) is 0.238. The Morgan fingerprint density at radius 3 is 2.34 bits per heavy atom. The van der Waals surface area contributed by atoms with Gasteiger partial charge in [0, 0.05) is 37.4 Å². The molecule has 8 heteroatoms. The van der Waals surface area contributed by atoms with Crippen LogP contribution in [0.5, 0.6) is 0 Å². The van der Waals surface area contributed by atoms with Crippen LogP contribution in [0.1, 0.15) is 0 Å². The molecule has 0 saturated carbocycles. The van der Waals surface area contributed by atoms with E-state index in [4.69, 9.17) is 5.73 Å². The Kier molecular flexibility index (Phi) is 5.53. The van der Waals surface area contributed by atoms with Gasteiger partial charge in [-0.15, -0.1) is 0 Å². The summed E-state index contributed by atoms with van der Waals surface area (Å²) >= 11 is 3.50. The Hall–Kier alpha value is -2.87. The molecule has 0 bridgehead atoms. The Labute approximate surface area is 176 Å². The summed E-state index contributed by atoms with van der Waals surface area (Å²) in [7, 11) is 0. The van der Waals surface area contributed by atoms with E-state index in [1.165, 1.54) is 12.1 Å². The van der Waals surface area contributed by atoms with Gasteiger partial charge in [0.25, 0.3) is 0 Å². The maximum Gasteiger partial charge on any atom is 0.244 e. The van der Waals surface area contributed by atoms with Crippen LogP contribution in [0.4, 0.5) is 15.9 Å². The van der Waals surface area contributed by atoms with Gasteiger partial charge in [-0.1, -0.05) is 30.3 Å². The molecule has 1 aliphatic rings. The van der Waals surface area contributed by atoms with Gasteiger partial charge < -0.3 is 15.5 Å². The SMILES string of the molecule is Nc1nn(CC(=O)N2CCN(c3ccc(F)cc3)CC2)c(-c2ccccc2)c1Br. The molecule has 1 fully saturated rings. The van der Waals surface area contributed by atoms with Crippen LogP contribution >= 0.6 is 15.9 Å². The predicted octanol–water partition coefficient (Wildman–Crippen LogP) is 3.38. The summed E-state index contributed by atoms with van der Waals surface area (Å²) in [5.74, 6) is 0.107. The van der Waals surface area contributed by atoms with Crippen molar-refractivity contribution in [1.29, 1.82) is 0 Å². The van der Waals surface area contributed by atoms with Crippen LogP contribution in [0.3, 0.4) is 0 Å². The Bertz CT molecular complexity index is 998. The van der Waals surface area contributed by atoms with Gasteiger partial charge in [-0.25, -0.2) is 4.39 Å². The number of halogens is 2. The third kappa shape index (κ3) is 4.12. The van der Waals surface area contributed by atoms with Crippen LogP contribution in [-0.4, -0.2) is 46.8 Å². The van der Waals surface area contributed by atoms with E-state index in [1.807, 2.05) is 35.2 Å². The fourth-order valence-corrected chi connectivity index (χ4v) is 4.05. The van der Waals surface area contributed by atoms with Gasteiger partial charge in [0.2, 0.25) is 5.91 Å². The van der Waals surface area contributed by atoms with Crippen LogP contribution in [-0.2, 0) is 11.3 Å². The van der Waals surface area contributed by atoms with Gasteiger partial charge in [0.05, 0.1) is 10.2 Å². The second-order valence-electron chi connectivity index (χ2n) is 6.92. The van der Waals surface area contributed by atoms with Gasteiger partial charge >= 0.3 is 0 Å². The summed E-state index contributed by atoms with van der Waals surface area (Å²) < 4.78 is 15.5. The third-order valence-corrected chi connectivity index (χ3v) is 5.86. The van der Waals surface area contributed by atoms with E-state index in [-0.39, 0.29) is 18.3 Å². The molecular formula is C21H21BrFN5O. The number of hydrogen-bond acceptors (Lipinski definition) is 4. The highest BCUT2D eigenvalue weighted by molar-refractivity contribution is 9.10. The number of anilines is 2. The molecule has 2 N–H and O–H groups in total. The number of carbonyl (C=O) groups is 1. The van der Waals surface area contributed by atoms with E-state index in [2.05, 4.69) is 25.9 Å². The summed E-state index contributed by atoms with van der Waals surface area (Å²) in [6.07, 6.45) is 0. The average molecular weight is 458 g/mol. The lowest BCUT2D eigenvalue weighted by Crippen LogP contribution is -2.49. The van der Waals surface area contributed by atoms with E-state index >= 15 is 0 Å². The highest BCUT2D eigenvalue weighted by Gasteiger charge is 2.24. The van der Waals surface area contributed by atoms with E-state index in [0.717, 1.165) is 16.9 Å². The summed E-state index contributed by atoms with van der Waals surface area (Å²) in [6, 6.07) is 16.2. The van der Waals surface area contributed by atoms with Crippen molar-refractivity contribution in [2.45, 2.75) is 6.54 Å². The standard InChI is InChI=1S/C21H21BrFN5O/c22-19-20(15-4-2-1-3-5-15)28(25-21(19)24)14-18(29)27-12-10-26(11-13-27)17-8-6-16(23)7-9-17/h1-9H,10-14H2,(H2,24,25). The number of nitrogens with zero attached hydrogens (tertiary/aromatic N) is 4. The lowest BCUT2D eigenvalue weighted by Gasteiger charge is -2.36. The van der Waals surface area contributed by atoms with Crippen molar-refractivity contribution < 1.29 is 9.18 Å². The lowest BCUT2D eigenvalue weighted by molar-refractivity contribution is -0.132. The topological polar surface area (TPSA) is 67.4 Å². The molecule has 0 spiro atoms. The minimum absolute atomic E-state index is 0.00376. The second-order valence-corrected chi connectivity index (χ2v) is 7.71. The van der Waals surface area contributed by atoms with E-state index in [0.29, 0.717) is 36.5 Å². The highest BCUT2D eigenvalue weighted by Crippen LogP contribution is 2.32. The van der Waals surface area contributed by atoms with Gasteiger partial charge in [-0.05, 0) is 40.2 Å². The largest absolute Gasteiger partial charge is 0.381 e. The lowest BCUT2D eigenvalue weighted by atomic mass is 10.1. The molecule has 150 valence electrons. The highest BCUT2D eigenvalue weighted by atomic mass is 79.9. The number of amides is 1. The zero-order valence-corrected chi connectivity index (χ0v) is 17.3. The number of rotatable bonds is 4. The molecule has 1 aromatic heterocycles. The average Bonchev–Trinajstić information content (AvgIpc) is 3.02. The van der Waals surface area contributed by atoms with Gasteiger partial charge in [-0.3, -0.25) is 9.48 Å². The minimum atomic E-state index is -0.249. The molecule has 0 unspecified atom stereocenters. The second kappa shape index (κ2) is 8.24. The predicted molar refractivity (Wildman–Crippen MR) is 115 cm³/mol. The Morgan fingerprint density at radius 1 is 1.03 bits per heavy atom. The maximum atomic E-state index is 13.1. The normalized spacial score (nSPS) is 14.3. The molecule has 29 heavy (non-hydrogen) atoms. The Morgan fingerprint density at radius 2 is 1.69 bits per heavy atom. The fourth-order valence-electron chi connectivity index (χ4n) is 3.54. The van der Waals surface area contributed by atoms with E-state index in [1.54, 1.807) is 16.8 Å². The van der Waals surface area contributed by atoms with Crippen LogP contribution in [0, 0.1) is 5.82 Å². The molecule has 4 rings (SSSR count). The molecule has 1 saturated heterocycles. The van der Waals surface area contributed by atoms with E-state index in [9.17, 15) is 9.18 Å². The first-order chi connectivity index (χ1) is 14.0. The van der Waals surface area contributed by atoms with Gasteiger partial charge in [0.15, 0.2) is 5.82 Å². The monoisotopic (exact) mass is 457 g/mol. The van der Waals surface area contributed by atoms with Gasteiger partial charge in [-0.2, -0.15) is 5.10 Å². The van der Waals surface area contributed by atoms with Crippen LogP contribution in [0.15, 0.2) is 59.1 Å². The molecule has 2 aromatic carbocycles. The van der Waals surface area contributed by atoms with Crippen molar-refractivity contribution in [3.05, 3.63) is 64.9 Å². The van der Waals surface area contributed by atoms with Crippen LogP contribution in [0.2, 0.25) is 0 Å². The number of benzene rings is 2. The van der Waals surface area contributed by atoms with Crippen molar-refractivity contribution in [3.63, 3.8) is 0 Å². The maximum absolute atomic E-state index is 13.1. The summed E-state index contributed by atoms with van der Waals surface area (Å²) in [6.45, 7) is 2.74. The Balaban J connectivity index is 1.44. The zero-order chi connectivity index (χ0) is 20.4. The molecular weight excluding hydrogens is 437 g/mol. The van der Waals surface area contributed by atoms with Crippen molar-refractivity contribution in [1.82, 2.24) is 14.7 Å². The quantitative estimate of drug-likeness (QED) is 0.651.